The maximum Gasteiger partial charge on any atom is 0.310 e. The van der Waals surface area contributed by atoms with Crippen LogP contribution >= 0.6 is 0 Å². The molecule has 0 aromatic carbocycles. The fourth-order valence-electron chi connectivity index (χ4n) is 6.44. The van der Waals surface area contributed by atoms with Crippen LogP contribution < -0.4 is 0 Å². The summed E-state index contributed by atoms with van der Waals surface area (Å²) in [5.41, 5.74) is -0.416. The maximum absolute atomic E-state index is 12.8. The van der Waals surface area contributed by atoms with Gasteiger partial charge in [-0.3, -0.25) is 14.4 Å². The predicted octanol–water partition coefficient (Wildman–Crippen LogP) is 4.15. The van der Waals surface area contributed by atoms with E-state index in [2.05, 4.69) is 26.8 Å². The van der Waals surface area contributed by atoms with Gasteiger partial charge >= 0.3 is 17.9 Å². The molecule has 6 atom stereocenters. The molecule has 3 aliphatic rings. The summed E-state index contributed by atoms with van der Waals surface area (Å²) in [6.07, 6.45) is 8.31. The highest BCUT2D eigenvalue weighted by molar-refractivity contribution is 5.77. The lowest BCUT2D eigenvalue weighted by molar-refractivity contribution is -0.190. The molecule has 0 spiro atoms. The van der Waals surface area contributed by atoms with Crippen molar-refractivity contribution >= 4 is 17.9 Å². The van der Waals surface area contributed by atoms with Crippen molar-refractivity contribution in [2.24, 2.45) is 34.5 Å². The van der Waals surface area contributed by atoms with E-state index in [9.17, 15) is 19.5 Å². The topological polar surface area (TPSA) is 89.9 Å². The average molecular weight is 419 g/mol. The number of esters is 2. The van der Waals surface area contributed by atoms with E-state index >= 15 is 0 Å². The van der Waals surface area contributed by atoms with E-state index < -0.39 is 22.9 Å². The minimum Gasteiger partial charge on any atom is -0.481 e. The van der Waals surface area contributed by atoms with Crippen molar-refractivity contribution in [3.63, 3.8) is 0 Å². The zero-order valence-corrected chi connectivity index (χ0v) is 18.6. The van der Waals surface area contributed by atoms with E-state index in [1.165, 1.54) is 13.8 Å². The third-order valence-corrected chi connectivity index (χ3v) is 7.84. The molecule has 1 N–H and O–H groups in total. The average Bonchev–Trinajstić information content (AvgIpc) is 2.94. The Morgan fingerprint density at radius 3 is 2.47 bits per heavy atom. The zero-order chi connectivity index (χ0) is 22.3. The molecule has 3 aliphatic carbocycles. The molecule has 0 amide bonds. The van der Waals surface area contributed by atoms with Gasteiger partial charge in [0, 0.05) is 25.7 Å². The van der Waals surface area contributed by atoms with Gasteiger partial charge in [-0.2, -0.15) is 0 Å². The highest BCUT2D eigenvalue weighted by Crippen LogP contribution is 2.66. The maximum atomic E-state index is 12.8. The molecule has 0 saturated heterocycles. The number of rotatable bonds is 5. The molecule has 0 aliphatic heterocycles. The largest absolute Gasteiger partial charge is 0.481 e. The second-order valence-electron chi connectivity index (χ2n) is 9.84. The summed E-state index contributed by atoms with van der Waals surface area (Å²) in [4.78, 5) is 36.0. The second kappa shape index (κ2) is 8.20. The first-order chi connectivity index (χ1) is 14.0. The van der Waals surface area contributed by atoms with Crippen molar-refractivity contribution < 1.29 is 29.0 Å². The smallest absolute Gasteiger partial charge is 0.310 e. The second-order valence-corrected chi connectivity index (χ2v) is 9.84. The lowest BCUT2D eigenvalue weighted by atomic mass is 9.49. The molecule has 0 aromatic rings. The predicted molar refractivity (Wildman–Crippen MR) is 111 cm³/mol. The molecule has 0 heterocycles. The highest BCUT2D eigenvalue weighted by Gasteiger charge is 2.67. The normalized spacial score (nSPS) is 37.6. The van der Waals surface area contributed by atoms with Crippen molar-refractivity contribution in [3.05, 3.63) is 23.8 Å². The summed E-state index contributed by atoms with van der Waals surface area (Å²) in [6.45, 7) is 9.25. The Balaban J connectivity index is 2.06. The van der Waals surface area contributed by atoms with Gasteiger partial charge in [-0.15, -0.1) is 0 Å². The Kier molecular flexibility index (Phi) is 6.17. The minimum atomic E-state index is -0.900. The molecular formula is C24H34O6. The van der Waals surface area contributed by atoms with Crippen LogP contribution in [-0.2, 0) is 23.9 Å². The van der Waals surface area contributed by atoms with Crippen LogP contribution in [0, 0.1) is 34.5 Å². The number of allylic oxidation sites excluding steroid dienone is 2. The van der Waals surface area contributed by atoms with Gasteiger partial charge in [0.05, 0.1) is 5.41 Å². The molecule has 166 valence electrons. The van der Waals surface area contributed by atoms with Crippen LogP contribution in [-0.4, -0.2) is 35.7 Å². The van der Waals surface area contributed by atoms with E-state index in [-0.39, 0.29) is 42.2 Å². The number of carboxylic acids is 1. The summed E-state index contributed by atoms with van der Waals surface area (Å²) in [5, 5.41) is 10.5. The molecular weight excluding hydrogens is 384 g/mol. The van der Waals surface area contributed by atoms with E-state index in [4.69, 9.17) is 9.47 Å². The molecule has 3 rings (SSSR count). The Bertz CT molecular complexity index is 781. The number of aliphatic carboxylic acids is 1. The van der Waals surface area contributed by atoms with Crippen LogP contribution in [0.4, 0.5) is 0 Å². The lowest BCUT2D eigenvalue weighted by Crippen LogP contribution is -2.58. The quantitative estimate of drug-likeness (QED) is 0.675. The van der Waals surface area contributed by atoms with E-state index in [1.54, 1.807) is 0 Å². The lowest BCUT2D eigenvalue weighted by Gasteiger charge is -2.55. The molecule has 6 heteroatoms. The van der Waals surface area contributed by atoms with Crippen LogP contribution in [0.15, 0.2) is 23.8 Å². The van der Waals surface area contributed by atoms with Gasteiger partial charge in [-0.1, -0.05) is 39.0 Å². The third-order valence-electron chi connectivity index (χ3n) is 7.84. The van der Waals surface area contributed by atoms with E-state index in [0.29, 0.717) is 12.8 Å². The van der Waals surface area contributed by atoms with Crippen LogP contribution in [0.2, 0.25) is 0 Å². The van der Waals surface area contributed by atoms with Gasteiger partial charge in [0.15, 0.2) is 0 Å². The third kappa shape index (κ3) is 3.69. The molecule has 0 radical (unpaired) electrons. The number of carbonyl (C=O) groups is 3. The van der Waals surface area contributed by atoms with Crippen molar-refractivity contribution in [2.45, 2.75) is 66.4 Å². The van der Waals surface area contributed by atoms with Gasteiger partial charge in [0.25, 0.3) is 0 Å². The summed E-state index contributed by atoms with van der Waals surface area (Å²) < 4.78 is 11.0. The number of hydrogen-bond acceptors (Lipinski definition) is 5. The van der Waals surface area contributed by atoms with Crippen molar-refractivity contribution in [1.82, 2.24) is 0 Å². The van der Waals surface area contributed by atoms with Gasteiger partial charge < -0.3 is 14.6 Å². The van der Waals surface area contributed by atoms with Crippen LogP contribution in [0.1, 0.15) is 60.3 Å². The fraction of sp³-hybridized carbons (Fsp3) is 0.708. The molecule has 0 bridgehead atoms. The van der Waals surface area contributed by atoms with E-state index in [0.717, 1.165) is 18.4 Å². The van der Waals surface area contributed by atoms with Crippen LogP contribution in [0.25, 0.3) is 0 Å². The number of carboxylic acid groups (broad SMARTS) is 1. The molecule has 2 saturated carbocycles. The molecule has 0 aromatic heterocycles. The van der Waals surface area contributed by atoms with Gasteiger partial charge in [-0.05, 0) is 48.5 Å². The van der Waals surface area contributed by atoms with Crippen molar-refractivity contribution in [1.29, 1.82) is 0 Å². The number of ether oxygens (including phenoxy) is 2. The fourth-order valence-corrected chi connectivity index (χ4v) is 6.44. The van der Waals surface area contributed by atoms with Crippen molar-refractivity contribution in [2.75, 3.05) is 6.61 Å². The molecule has 6 nitrogen and oxygen atoms in total. The monoisotopic (exact) mass is 418 g/mol. The number of fused-ring (bicyclic) bond motifs is 3. The molecule has 2 fully saturated rings. The first-order valence-corrected chi connectivity index (χ1v) is 10.9. The first kappa shape index (κ1) is 22.6. The minimum absolute atomic E-state index is 0.0167. The summed E-state index contributed by atoms with van der Waals surface area (Å²) in [5.74, 6) is -1.26. The number of carbonyl (C=O) groups excluding carboxylic acids is 2. The Labute approximate surface area is 178 Å². The van der Waals surface area contributed by atoms with Crippen LogP contribution in [0.5, 0.6) is 0 Å². The molecule has 0 unspecified atom stereocenters. The molecule has 30 heavy (non-hydrogen) atoms. The van der Waals surface area contributed by atoms with E-state index in [1.807, 2.05) is 12.2 Å². The van der Waals surface area contributed by atoms with Gasteiger partial charge in [-0.25, -0.2) is 0 Å². The Hall–Kier alpha value is -2.11. The van der Waals surface area contributed by atoms with Gasteiger partial charge in [0.1, 0.15) is 12.7 Å². The standard InChI is InChI=1S/C24H34O6/c1-14(2)18-8-9-20-19-7-6-17(13-29-15(3)25)10-11-23(19,5)21(30-16(4)26)12-24(18,20)22(27)28/h6-7,10,14,18-21H,8-9,11-13H2,1-5H3,(H,27,28)/t18-,19+,20+,21-,23+,24+/m1/s1. The summed E-state index contributed by atoms with van der Waals surface area (Å²) in [7, 11) is 0. The van der Waals surface area contributed by atoms with Crippen LogP contribution in [0.3, 0.4) is 0 Å². The summed E-state index contributed by atoms with van der Waals surface area (Å²) in [6, 6.07) is 0. The number of hydrogen-bond donors (Lipinski definition) is 1. The highest BCUT2D eigenvalue weighted by atomic mass is 16.5. The Morgan fingerprint density at radius 2 is 1.90 bits per heavy atom. The Morgan fingerprint density at radius 1 is 1.20 bits per heavy atom. The summed E-state index contributed by atoms with van der Waals surface area (Å²) >= 11 is 0. The first-order valence-electron chi connectivity index (χ1n) is 10.9. The van der Waals surface area contributed by atoms with Gasteiger partial charge in [0.2, 0.25) is 0 Å². The van der Waals surface area contributed by atoms with Crippen molar-refractivity contribution in [3.8, 4) is 0 Å². The zero-order valence-electron chi connectivity index (χ0n) is 18.6. The SMILES string of the molecule is CC(=O)OCC1=CC[C@]2(C)[C@H](OC(C)=O)C[C@]3(C(=O)O)[C@@H](C(C)C)CC[C@H]3[C@@H]2C=C1.